The molecule has 1 heterocycles. The van der Waals surface area contributed by atoms with E-state index in [0.717, 1.165) is 30.7 Å². The van der Waals surface area contributed by atoms with Gasteiger partial charge in [0.15, 0.2) is 0 Å². The van der Waals surface area contributed by atoms with Crippen LogP contribution in [0.1, 0.15) is 31.4 Å². The van der Waals surface area contributed by atoms with Gasteiger partial charge >= 0.3 is 0 Å². The summed E-state index contributed by atoms with van der Waals surface area (Å²) in [6.07, 6.45) is 1.29. The lowest BCUT2D eigenvalue weighted by molar-refractivity contribution is -0.123. The number of aliphatic hydroxyl groups excluding tert-OH is 1. The van der Waals surface area contributed by atoms with Gasteiger partial charge in [-0.25, -0.2) is 0 Å². The van der Waals surface area contributed by atoms with Crippen molar-refractivity contribution in [1.29, 1.82) is 0 Å². The molecule has 1 fully saturated rings. The maximum absolute atomic E-state index is 12.0. The minimum absolute atomic E-state index is 0.00237. The van der Waals surface area contributed by atoms with Gasteiger partial charge in [-0.15, -0.1) is 0 Å². The topological polar surface area (TPSA) is 58.6 Å². The van der Waals surface area contributed by atoms with E-state index in [0.29, 0.717) is 6.61 Å². The summed E-state index contributed by atoms with van der Waals surface area (Å²) in [6, 6.07) is 7.29. The molecule has 0 saturated carbocycles. The average molecular weight is 249 g/mol. The number of ether oxygens (including phenoxy) is 1. The van der Waals surface area contributed by atoms with Gasteiger partial charge in [-0.05, 0) is 37.5 Å². The van der Waals surface area contributed by atoms with Gasteiger partial charge in [0.25, 0.3) is 0 Å². The summed E-state index contributed by atoms with van der Waals surface area (Å²) in [5.74, 6) is -0.0635. The number of hydrogen-bond donors (Lipinski definition) is 2. The smallest absolute Gasteiger partial charge is 0.229 e. The number of carbonyl (C=O) groups excluding carboxylic acids is 1. The van der Waals surface area contributed by atoms with Crippen LogP contribution in [-0.4, -0.2) is 24.2 Å². The maximum atomic E-state index is 12.0. The highest BCUT2D eigenvalue weighted by Gasteiger charge is 2.21. The molecule has 4 heteroatoms. The van der Waals surface area contributed by atoms with E-state index in [1.54, 1.807) is 13.0 Å². The first-order chi connectivity index (χ1) is 8.66. The molecule has 2 unspecified atom stereocenters. The summed E-state index contributed by atoms with van der Waals surface area (Å²) in [4.78, 5) is 12.0. The van der Waals surface area contributed by atoms with E-state index in [4.69, 9.17) is 4.74 Å². The highest BCUT2D eigenvalue weighted by Crippen LogP contribution is 2.19. The fourth-order valence-electron chi connectivity index (χ4n) is 2.07. The molecule has 0 aromatic heterocycles. The van der Waals surface area contributed by atoms with E-state index in [1.807, 2.05) is 18.2 Å². The summed E-state index contributed by atoms with van der Waals surface area (Å²) < 4.78 is 5.30. The Morgan fingerprint density at radius 3 is 3.06 bits per heavy atom. The van der Waals surface area contributed by atoms with E-state index in [2.05, 4.69) is 5.32 Å². The van der Waals surface area contributed by atoms with Crippen LogP contribution in [0.2, 0.25) is 0 Å². The van der Waals surface area contributed by atoms with Crippen LogP contribution in [0.3, 0.4) is 0 Å². The van der Waals surface area contributed by atoms with Gasteiger partial charge in [-0.3, -0.25) is 4.79 Å². The van der Waals surface area contributed by atoms with Gasteiger partial charge in [0, 0.05) is 12.3 Å². The molecule has 1 aromatic carbocycles. The van der Waals surface area contributed by atoms with Crippen LogP contribution in [0.4, 0.5) is 5.69 Å². The lowest BCUT2D eigenvalue weighted by Gasteiger charge is -2.21. The Morgan fingerprint density at radius 2 is 2.39 bits per heavy atom. The summed E-state index contributed by atoms with van der Waals surface area (Å²) >= 11 is 0. The molecule has 1 aliphatic rings. The van der Waals surface area contributed by atoms with Gasteiger partial charge < -0.3 is 15.2 Å². The van der Waals surface area contributed by atoms with E-state index in [9.17, 15) is 9.90 Å². The Labute approximate surface area is 107 Å². The molecule has 1 amide bonds. The van der Waals surface area contributed by atoms with Crippen molar-refractivity contribution in [1.82, 2.24) is 0 Å². The zero-order valence-corrected chi connectivity index (χ0v) is 10.6. The van der Waals surface area contributed by atoms with Crippen molar-refractivity contribution in [2.45, 2.75) is 25.9 Å². The highest BCUT2D eigenvalue weighted by atomic mass is 16.5. The molecule has 0 spiro atoms. The van der Waals surface area contributed by atoms with E-state index in [1.165, 1.54) is 0 Å². The highest BCUT2D eigenvalue weighted by molar-refractivity contribution is 5.92. The summed E-state index contributed by atoms with van der Waals surface area (Å²) in [7, 11) is 0. The molecule has 1 aliphatic heterocycles. The number of benzene rings is 1. The molecular weight excluding hydrogens is 230 g/mol. The summed E-state index contributed by atoms with van der Waals surface area (Å²) in [6.45, 7) is 2.96. The second-order valence-electron chi connectivity index (χ2n) is 4.70. The van der Waals surface area contributed by atoms with Crippen molar-refractivity contribution >= 4 is 11.6 Å². The molecule has 2 rings (SSSR count). The first-order valence-electron chi connectivity index (χ1n) is 6.33. The van der Waals surface area contributed by atoms with Gasteiger partial charge in [0.2, 0.25) is 5.91 Å². The number of carbonyl (C=O) groups is 1. The fourth-order valence-corrected chi connectivity index (χ4v) is 2.07. The van der Waals surface area contributed by atoms with Crippen molar-refractivity contribution in [2.75, 3.05) is 18.5 Å². The number of nitrogens with one attached hydrogen (secondary N) is 1. The average Bonchev–Trinajstić information content (AvgIpc) is 2.40. The first kappa shape index (κ1) is 13.1. The third kappa shape index (κ3) is 3.31. The molecule has 0 radical (unpaired) electrons. The van der Waals surface area contributed by atoms with Crippen molar-refractivity contribution in [3.8, 4) is 0 Å². The Bertz CT molecular complexity index is 411. The normalized spacial score (nSPS) is 21.3. The monoisotopic (exact) mass is 249 g/mol. The minimum Gasteiger partial charge on any atom is -0.389 e. The Kier molecular flexibility index (Phi) is 4.33. The number of anilines is 1. The van der Waals surface area contributed by atoms with Crippen LogP contribution >= 0.6 is 0 Å². The molecular formula is C14H19NO3. The zero-order chi connectivity index (χ0) is 13.0. The van der Waals surface area contributed by atoms with Gasteiger partial charge in [0.1, 0.15) is 0 Å². The lowest BCUT2D eigenvalue weighted by atomic mass is 10.0. The maximum Gasteiger partial charge on any atom is 0.229 e. The van der Waals surface area contributed by atoms with Gasteiger partial charge in [-0.1, -0.05) is 12.1 Å². The number of aliphatic hydroxyl groups is 1. The zero-order valence-electron chi connectivity index (χ0n) is 10.6. The molecule has 1 aromatic rings. The van der Waals surface area contributed by atoms with Crippen LogP contribution in [0.5, 0.6) is 0 Å². The third-order valence-corrected chi connectivity index (χ3v) is 3.17. The molecule has 2 atom stereocenters. The Hall–Kier alpha value is -1.39. The molecule has 0 bridgehead atoms. The van der Waals surface area contributed by atoms with Crippen molar-refractivity contribution < 1.29 is 14.6 Å². The minimum atomic E-state index is -0.528. The van der Waals surface area contributed by atoms with E-state index < -0.39 is 6.10 Å². The van der Waals surface area contributed by atoms with E-state index >= 15 is 0 Å². The molecule has 0 aliphatic carbocycles. The quantitative estimate of drug-likeness (QED) is 0.862. The van der Waals surface area contributed by atoms with Crippen LogP contribution in [-0.2, 0) is 9.53 Å². The van der Waals surface area contributed by atoms with Crippen molar-refractivity contribution in [3.05, 3.63) is 29.8 Å². The lowest BCUT2D eigenvalue weighted by Crippen LogP contribution is -2.30. The summed E-state index contributed by atoms with van der Waals surface area (Å²) in [5, 5.41) is 12.4. The molecule has 98 valence electrons. The Morgan fingerprint density at radius 1 is 1.56 bits per heavy atom. The van der Waals surface area contributed by atoms with Crippen molar-refractivity contribution in [2.24, 2.45) is 5.92 Å². The second-order valence-corrected chi connectivity index (χ2v) is 4.70. The predicted octanol–water partition coefficient (Wildman–Crippen LogP) is 2.10. The van der Waals surface area contributed by atoms with Crippen LogP contribution in [0.15, 0.2) is 24.3 Å². The predicted molar refractivity (Wildman–Crippen MR) is 69.2 cm³/mol. The number of rotatable bonds is 3. The molecule has 1 saturated heterocycles. The standard InChI is InChI=1S/C14H19NO3/c1-10(16)11-4-2-6-13(8-11)15-14(17)12-5-3-7-18-9-12/h2,4,6,8,10,12,16H,3,5,7,9H2,1H3,(H,15,17). The number of amides is 1. The number of hydrogen-bond acceptors (Lipinski definition) is 3. The largest absolute Gasteiger partial charge is 0.389 e. The van der Waals surface area contributed by atoms with Crippen LogP contribution < -0.4 is 5.32 Å². The third-order valence-electron chi connectivity index (χ3n) is 3.17. The van der Waals surface area contributed by atoms with Crippen LogP contribution in [0, 0.1) is 5.92 Å². The van der Waals surface area contributed by atoms with Crippen molar-refractivity contribution in [3.63, 3.8) is 0 Å². The first-order valence-corrected chi connectivity index (χ1v) is 6.33. The molecule has 2 N–H and O–H groups in total. The fraction of sp³-hybridized carbons (Fsp3) is 0.500. The Balaban J connectivity index is 1.99. The molecule has 18 heavy (non-hydrogen) atoms. The van der Waals surface area contributed by atoms with E-state index in [-0.39, 0.29) is 11.8 Å². The van der Waals surface area contributed by atoms with Gasteiger partial charge in [-0.2, -0.15) is 0 Å². The van der Waals surface area contributed by atoms with Gasteiger partial charge in [0.05, 0.1) is 18.6 Å². The van der Waals surface area contributed by atoms with Crippen LogP contribution in [0.25, 0.3) is 0 Å². The SMILES string of the molecule is CC(O)c1cccc(NC(=O)C2CCCOC2)c1. The second kappa shape index (κ2) is 5.98. The summed E-state index contributed by atoms with van der Waals surface area (Å²) in [5.41, 5.74) is 1.52. The molecule has 4 nitrogen and oxygen atoms in total.